The van der Waals surface area contributed by atoms with Gasteiger partial charge >= 0.3 is 0 Å². The molecule has 2 nitrogen and oxygen atoms in total. The van der Waals surface area contributed by atoms with E-state index in [4.69, 9.17) is 0 Å². The number of carbonyl (C=O) groups excluding carboxylic acids is 1. The molecule has 1 N–H and O–H groups in total. The van der Waals surface area contributed by atoms with Gasteiger partial charge in [0.25, 0.3) is 0 Å². The Morgan fingerprint density at radius 2 is 1.57 bits per heavy atom. The standard InChI is InChI=1S/C12H25NO/c1-8(2)10(5)7-11(6)13-12(14)9(3)4/h8-11H,7H2,1-6H3,(H,13,14). The number of hydrogen-bond acceptors (Lipinski definition) is 1. The number of carbonyl (C=O) groups is 1. The first-order chi connectivity index (χ1) is 6.34. The number of rotatable bonds is 5. The Morgan fingerprint density at radius 3 is 1.93 bits per heavy atom. The highest BCUT2D eigenvalue weighted by Gasteiger charge is 2.15. The van der Waals surface area contributed by atoms with Gasteiger partial charge in [0.15, 0.2) is 0 Å². The Bertz CT molecular complexity index is 175. The summed E-state index contributed by atoms with van der Waals surface area (Å²) in [4.78, 5) is 11.4. The maximum absolute atomic E-state index is 11.4. The van der Waals surface area contributed by atoms with E-state index in [1.54, 1.807) is 0 Å². The molecule has 0 fully saturated rings. The van der Waals surface area contributed by atoms with E-state index in [1.807, 2.05) is 13.8 Å². The van der Waals surface area contributed by atoms with Crippen molar-refractivity contribution in [2.75, 3.05) is 0 Å². The highest BCUT2D eigenvalue weighted by atomic mass is 16.1. The fraction of sp³-hybridized carbons (Fsp3) is 0.917. The van der Waals surface area contributed by atoms with Gasteiger partial charge in [0.05, 0.1) is 0 Å². The molecule has 84 valence electrons. The molecule has 0 aromatic carbocycles. The summed E-state index contributed by atoms with van der Waals surface area (Å²) >= 11 is 0. The summed E-state index contributed by atoms with van der Waals surface area (Å²) in [5.74, 6) is 1.60. The summed E-state index contributed by atoms with van der Waals surface area (Å²) in [6, 6.07) is 0.294. The van der Waals surface area contributed by atoms with Crippen molar-refractivity contribution in [1.82, 2.24) is 5.32 Å². The van der Waals surface area contributed by atoms with Crippen LogP contribution in [0.5, 0.6) is 0 Å². The van der Waals surface area contributed by atoms with Crippen molar-refractivity contribution in [1.29, 1.82) is 0 Å². The Hall–Kier alpha value is -0.530. The maximum atomic E-state index is 11.4. The van der Waals surface area contributed by atoms with E-state index in [9.17, 15) is 4.79 Å². The smallest absolute Gasteiger partial charge is 0.222 e. The van der Waals surface area contributed by atoms with Crippen LogP contribution in [-0.2, 0) is 4.79 Å². The van der Waals surface area contributed by atoms with E-state index in [2.05, 4.69) is 33.0 Å². The van der Waals surface area contributed by atoms with Crippen LogP contribution in [0.1, 0.15) is 48.0 Å². The zero-order valence-corrected chi connectivity index (χ0v) is 10.4. The molecule has 0 radical (unpaired) electrons. The average molecular weight is 199 g/mol. The number of hydrogen-bond donors (Lipinski definition) is 1. The Balaban J connectivity index is 3.86. The van der Waals surface area contributed by atoms with Crippen LogP contribution in [0.4, 0.5) is 0 Å². The SMILES string of the molecule is CC(CC(C)C(C)C)NC(=O)C(C)C. The van der Waals surface area contributed by atoms with Crippen molar-refractivity contribution in [2.24, 2.45) is 17.8 Å². The van der Waals surface area contributed by atoms with Crippen LogP contribution in [-0.4, -0.2) is 11.9 Å². The van der Waals surface area contributed by atoms with Gasteiger partial charge in [-0.1, -0.05) is 34.6 Å². The first kappa shape index (κ1) is 13.5. The molecule has 0 aliphatic carbocycles. The third kappa shape index (κ3) is 5.25. The van der Waals surface area contributed by atoms with Gasteiger partial charge in [-0.25, -0.2) is 0 Å². The molecular weight excluding hydrogens is 174 g/mol. The van der Waals surface area contributed by atoms with Crippen LogP contribution >= 0.6 is 0 Å². The van der Waals surface area contributed by atoms with Gasteiger partial charge in [-0.2, -0.15) is 0 Å². The van der Waals surface area contributed by atoms with Crippen LogP contribution < -0.4 is 5.32 Å². The largest absolute Gasteiger partial charge is 0.353 e. The molecular formula is C12H25NO. The van der Waals surface area contributed by atoms with Crippen LogP contribution in [0.15, 0.2) is 0 Å². The lowest BCUT2D eigenvalue weighted by Gasteiger charge is -2.22. The molecule has 14 heavy (non-hydrogen) atoms. The molecule has 0 rings (SSSR count). The van der Waals surface area contributed by atoms with Crippen LogP contribution in [0, 0.1) is 17.8 Å². The van der Waals surface area contributed by atoms with E-state index in [1.165, 1.54) is 0 Å². The lowest BCUT2D eigenvalue weighted by molar-refractivity contribution is -0.124. The van der Waals surface area contributed by atoms with Gasteiger partial charge in [0.2, 0.25) is 5.91 Å². The van der Waals surface area contributed by atoms with Crippen LogP contribution in [0.25, 0.3) is 0 Å². The molecule has 0 saturated carbocycles. The van der Waals surface area contributed by atoms with E-state index in [0.717, 1.165) is 6.42 Å². The van der Waals surface area contributed by atoms with Crippen molar-refractivity contribution >= 4 is 5.91 Å². The fourth-order valence-electron chi connectivity index (χ4n) is 1.30. The molecule has 0 saturated heterocycles. The van der Waals surface area contributed by atoms with E-state index >= 15 is 0 Å². The molecule has 0 aliphatic heterocycles. The Kier molecular flexibility index (Phi) is 5.82. The molecule has 0 spiro atoms. The van der Waals surface area contributed by atoms with Crippen LogP contribution in [0.2, 0.25) is 0 Å². The zero-order valence-electron chi connectivity index (χ0n) is 10.4. The van der Waals surface area contributed by atoms with E-state index < -0.39 is 0 Å². The lowest BCUT2D eigenvalue weighted by atomic mass is 9.91. The van der Waals surface area contributed by atoms with Gasteiger partial charge in [-0.05, 0) is 25.2 Å². The van der Waals surface area contributed by atoms with Gasteiger partial charge < -0.3 is 5.32 Å². The third-order valence-corrected chi connectivity index (χ3v) is 2.78. The van der Waals surface area contributed by atoms with Crippen molar-refractivity contribution in [3.05, 3.63) is 0 Å². The Morgan fingerprint density at radius 1 is 1.07 bits per heavy atom. The highest BCUT2D eigenvalue weighted by Crippen LogP contribution is 2.15. The molecule has 2 atom stereocenters. The lowest BCUT2D eigenvalue weighted by Crippen LogP contribution is -2.36. The minimum atomic E-state index is 0.0896. The molecule has 0 aromatic heterocycles. The summed E-state index contributed by atoms with van der Waals surface area (Å²) in [6.45, 7) is 12.6. The van der Waals surface area contributed by atoms with Gasteiger partial charge in [0, 0.05) is 12.0 Å². The van der Waals surface area contributed by atoms with E-state index in [-0.39, 0.29) is 11.8 Å². The normalized spacial score (nSPS) is 15.7. The summed E-state index contributed by atoms with van der Waals surface area (Å²) in [6.07, 6.45) is 1.07. The van der Waals surface area contributed by atoms with Crippen molar-refractivity contribution in [3.63, 3.8) is 0 Å². The molecule has 0 aromatic rings. The monoisotopic (exact) mass is 199 g/mol. The highest BCUT2D eigenvalue weighted by molar-refractivity contribution is 5.78. The second-order valence-corrected chi connectivity index (χ2v) is 5.02. The van der Waals surface area contributed by atoms with Crippen molar-refractivity contribution in [3.8, 4) is 0 Å². The molecule has 2 unspecified atom stereocenters. The van der Waals surface area contributed by atoms with Gasteiger partial charge in [0.1, 0.15) is 0 Å². The molecule has 1 amide bonds. The third-order valence-electron chi connectivity index (χ3n) is 2.78. The summed E-state index contributed by atoms with van der Waals surface area (Å²) in [5, 5.41) is 3.03. The first-order valence-corrected chi connectivity index (χ1v) is 5.65. The second kappa shape index (κ2) is 6.05. The second-order valence-electron chi connectivity index (χ2n) is 5.02. The predicted octanol–water partition coefficient (Wildman–Crippen LogP) is 2.83. The first-order valence-electron chi connectivity index (χ1n) is 5.65. The van der Waals surface area contributed by atoms with E-state index in [0.29, 0.717) is 17.9 Å². The topological polar surface area (TPSA) is 29.1 Å². The number of amides is 1. The average Bonchev–Trinajstić information content (AvgIpc) is 2.03. The minimum absolute atomic E-state index is 0.0896. The predicted molar refractivity (Wildman–Crippen MR) is 61.1 cm³/mol. The molecule has 0 aliphatic rings. The van der Waals surface area contributed by atoms with Gasteiger partial charge in [-0.15, -0.1) is 0 Å². The summed E-state index contributed by atoms with van der Waals surface area (Å²) in [5.41, 5.74) is 0. The quantitative estimate of drug-likeness (QED) is 0.725. The van der Waals surface area contributed by atoms with Crippen LogP contribution in [0.3, 0.4) is 0 Å². The minimum Gasteiger partial charge on any atom is -0.353 e. The van der Waals surface area contributed by atoms with Crippen molar-refractivity contribution < 1.29 is 4.79 Å². The molecule has 2 heteroatoms. The summed E-state index contributed by atoms with van der Waals surface area (Å²) in [7, 11) is 0. The summed E-state index contributed by atoms with van der Waals surface area (Å²) < 4.78 is 0. The fourth-order valence-corrected chi connectivity index (χ4v) is 1.30. The number of nitrogens with one attached hydrogen (secondary N) is 1. The van der Waals surface area contributed by atoms with Crippen molar-refractivity contribution in [2.45, 2.75) is 54.0 Å². The zero-order chi connectivity index (χ0) is 11.3. The molecule has 0 heterocycles. The van der Waals surface area contributed by atoms with Gasteiger partial charge in [-0.3, -0.25) is 4.79 Å². The molecule has 0 bridgehead atoms. The maximum Gasteiger partial charge on any atom is 0.222 e. The Labute approximate surface area is 88.5 Å².